The van der Waals surface area contributed by atoms with Gasteiger partial charge in [-0.15, -0.1) is 0 Å². The van der Waals surface area contributed by atoms with Crippen LogP contribution in [-0.4, -0.2) is 42.0 Å². The third kappa shape index (κ3) is 8.04. The molecular weight excluding hydrogens is 512 g/mol. The van der Waals surface area contributed by atoms with E-state index in [2.05, 4.69) is 83.8 Å². The Kier molecular flexibility index (Phi) is 9.81. The normalized spacial score (nSPS) is 16.0. The summed E-state index contributed by atoms with van der Waals surface area (Å²) in [7, 11) is 0. The molecule has 5 rings (SSSR count). The fourth-order valence-electron chi connectivity index (χ4n) is 5.30. The van der Waals surface area contributed by atoms with Crippen LogP contribution in [-0.2, 0) is 22.4 Å². The molecule has 0 bridgehead atoms. The number of carboxylic acid groups (broad SMARTS) is 1. The molecule has 1 saturated heterocycles. The molecule has 1 aliphatic heterocycles. The summed E-state index contributed by atoms with van der Waals surface area (Å²) in [5, 5.41) is 9.26. The summed E-state index contributed by atoms with van der Waals surface area (Å²) in [6.07, 6.45) is 3.78. The van der Waals surface area contributed by atoms with Crippen LogP contribution in [0.2, 0.25) is 0 Å². The first kappa shape index (κ1) is 28.6. The maximum Gasteiger partial charge on any atom is 0.337 e. The minimum Gasteiger partial charge on any atom is -0.478 e. The fourth-order valence-corrected chi connectivity index (χ4v) is 5.30. The second-order valence-corrected chi connectivity index (χ2v) is 10.6. The van der Waals surface area contributed by atoms with E-state index in [1.165, 1.54) is 11.1 Å². The Morgan fingerprint density at radius 1 is 0.902 bits per heavy atom. The maximum absolute atomic E-state index is 11.3. The molecular formula is C35H38N2O4. The summed E-state index contributed by atoms with van der Waals surface area (Å²) in [6.45, 7) is 3.21. The van der Waals surface area contributed by atoms with Gasteiger partial charge in [0.1, 0.15) is 0 Å². The monoisotopic (exact) mass is 550 g/mol. The van der Waals surface area contributed by atoms with Crippen molar-refractivity contribution in [1.82, 2.24) is 4.90 Å². The lowest BCUT2D eigenvalue weighted by molar-refractivity contribution is -0.193. The zero-order valence-electron chi connectivity index (χ0n) is 23.3. The van der Waals surface area contributed by atoms with Gasteiger partial charge in [0.15, 0.2) is 6.29 Å². The Bertz CT molecular complexity index is 1390. The van der Waals surface area contributed by atoms with Gasteiger partial charge in [-0.2, -0.15) is 0 Å². The summed E-state index contributed by atoms with van der Waals surface area (Å²) < 4.78 is 12.5. The second-order valence-electron chi connectivity index (χ2n) is 10.6. The van der Waals surface area contributed by atoms with Gasteiger partial charge in [-0.25, -0.2) is 4.79 Å². The van der Waals surface area contributed by atoms with Crippen LogP contribution < -0.4 is 5.73 Å². The quantitative estimate of drug-likeness (QED) is 0.186. The van der Waals surface area contributed by atoms with Crippen molar-refractivity contribution >= 4 is 11.7 Å². The van der Waals surface area contributed by atoms with E-state index in [0.717, 1.165) is 68.6 Å². The van der Waals surface area contributed by atoms with E-state index in [-0.39, 0.29) is 23.6 Å². The number of nitrogens with zero attached hydrogens (tertiary/aromatic N) is 1. The molecule has 0 amide bonds. The van der Waals surface area contributed by atoms with Crippen molar-refractivity contribution in [2.75, 3.05) is 25.4 Å². The third-order valence-electron chi connectivity index (χ3n) is 7.58. The standard InChI is InChI=1S/C35H38N2O4/c36-32-23-30(18-19-31(32)35(38)39)28-16-14-26(15-17-28)20-21-37(24-27-9-3-1-4-10-27)25-33(29-11-5-2-6-12-29)41-34-13-7-8-22-40-34/h1-6,9-12,14-19,23,33-34H,7-8,13,20-22,24-25,36H2,(H,38,39)/t33-,34?/m0/s1. The number of ether oxygens (including phenoxy) is 2. The van der Waals surface area contributed by atoms with Crippen molar-refractivity contribution in [3.63, 3.8) is 0 Å². The number of rotatable bonds is 12. The summed E-state index contributed by atoms with van der Waals surface area (Å²) in [6, 6.07) is 34.5. The lowest BCUT2D eigenvalue weighted by atomic mass is 10.0. The molecule has 41 heavy (non-hydrogen) atoms. The van der Waals surface area contributed by atoms with Crippen molar-refractivity contribution in [3.05, 3.63) is 125 Å². The van der Waals surface area contributed by atoms with Crippen molar-refractivity contribution in [1.29, 1.82) is 0 Å². The number of benzene rings is 4. The Morgan fingerprint density at radius 2 is 1.61 bits per heavy atom. The molecule has 4 aromatic carbocycles. The average Bonchev–Trinajstić information content (AvgIpc) is 3.01. The van der Waals surface area contributed by atoms with Crippen LogP contribution in [0.1, 0.15) is 52.4 Å². The van der Waals surface area contributed by atoms with Gasteiger partial charge < -0.3 is 20.3 Å². The average molecular weight is 551 g/mol. The number of hydrogen-bond acceptors (Lipinski definition) is 5. The van der Waals surface area contributed by atoms with Crippen LogP contribution in [0.5, 0.6) is 0 Å². The highest BCUT2D eigenvalue weighted by atomic mass is 16.7. The molecule has 2 atom stereocenters. The van der Waals surface area contributed by atoms with Crippen LogP contribution in [0.25, 0.3) is 11.1 Å². The second kappa shape index (κ2) is 14.1. The van der Waals surface area contributed by atoms with E-state index in [1.807, 2.05) is 6.07 Å². The molecule has 0 saturated carbocycles. The van der Waals surface area contributed by atoms with Crippen LogP contribution in [0, 0.1) is 0 Å². The first-order valence-electron chi connectivity index (χ1n) is 14.4. The first-order valence-corrected chi connectivity index (χ1v) is 14.4. The number of nitrogen functional groups attached to an aromatic ring is 1. The third-order valence-corrected chi connectivity index (χ3v) is 7.58. The van der Waals surface area contributed by atoms with Crippen LogP contribution >= 0.6 is 0 Å². The van der Waals surface area contributed by atoms with Gasteiger partial charge >= 0.3 is 5.97 Å². The molecule has 0 aliphatic carbocycles. The van der Waals surface area contributed by atoms with Crippen molar-refractivity contribution in [3.8, 4) is 11.1 Å². The molecule has 3 N–H and O–H groups in total. The van der Waals surface area contributed by atoms with E-state index < -0.39 is 5.97 Å². The summed E-state index contributed by atoms with van der Waals surface area (Å²) in [5.74, 6) is -1.02. The number of anilines is 1. The number of carboxylic acids is 1. The van der Waals surface area contributed by atoms with Gasteiger partial charge in [0.25, 0.3) is 0 Å². The Morgan fingerprint density at radius 3 is 2.27 bits per heavy atom. The molecule has 1 heterocycles. The number of carbonyl (C=O) groups is 1. The lowest BCUT2D eigenvalue weighted by Gasteiger charge is -2.32. The van der Waals surface area contributed by atoms with Crippen molar-refractivity contribution in [2.24, 2.45) is 0 Å². The predicted molar refractivity (Wildman–Crippen MR) is 163 cm³/mol. The minimum absolute atomic E-state index is 0.0929. The topological polar surface area (TPSA) is 85.0 Å². The van der Waals surface area contributed by atoms with Gasteiger partial charge in [-0.05, 0) is 65.6 Å². The predicted octanol–water partition coefficient (Wildman–Crippen LogP) is 6.96. The number of nitrogens with two attached hydrogens (primary N) is 1. The molecule has 1 fully saturated rings. The maximum atomic E-state index is 11.3. The van der Waals surface area contributed by atoms with Gasteiger partial charge in [-0.3, -0.25) is 4.90 Å². The molecule has 212 valence electrons. The Balaban J connectivity index is 1.30. The zero-order valence-corrected chi connectivity index (χ0v) is 23.3. The molecule has 0 spiro atoms. The highest BCUT2D eigenvalue weighted by molar-refractivity contribution is 5.94. The van der Waals surface area contributed by atoms with Crippen LogP contribution in [0.3, 0.4) is 0 Å². The van der Waals surface area contributed by atoms with Gasteiger partial charge in [-0.1, -0.05) is 91.0 Å². The Hall–Kier alpha value is -3.97. The van der Waals surface area contributed by atoms with Crippen molar-refractivity contribution in [2.45, 2.75) is 44.6 Å². The largest absolute Gasteiger partial charge is 0.478 e. The summed E-state index contributed by atoms with van der Waals surface area (Å²) >= 11 is 0. The van der Waals surface area contributed by atoms with E-state index in [1.54, 1.807) is 18.2 Å². The summed E-state index contributed by atoms with van der Waals surface area (Å²) in [4.78, 5) is 13.8. The highest BCUT2D eigenvalue weighted by Gasteiger charge is 2.23. The molecule has 6 nitrogen and oxygen atoms in total. The first-order chi connectivity index (χ1) is 20.0. The number of aromatic carboxylic acids is 1. The Labute approximate surface area is 242 Å². The molecule has 0 aromatic heterocycles. The van der Waals surface area contributed by atoms with E-state index >= 15 is 0 Å². The lowest BCUT2D eigenvalue weighted by Crippen LogP contribution is -2.34. The highest BCUT2D eigenvalue weighted by Crippen LogP contribution is 2.27. The van der Waals surface area contributed by atoms with E-state index in [9.17, 15) is 9.90 Å². The van der Waals surface area contributed by atoms with Gasteiger partial charge in [0, 0.05) is 31.9 Å². The SMILES string of the molecule is Nc1cc(-c2ccc(CCN(Cc3ccccc3)C[C@H](OC3CCCCO3)c3ccccc3)cc2)ccc1C(=O)O. The molecule has 1 aliphatic rings. The van der Waals surface area contributed by atoms with E-state index in [0.29, 0.717) is 0 Å². The zero-order chi connectivity index (χ0) is 28.4. The smallest absolute Gasteiger partial charge is 0.337 e. The van der Waals surface area contributed by atoms with Crippen LogP contribution in [0.4, 0.5) is 5.69 Å². The van der Waals surface area contributed by atoms with Crippen molar-refractivity contribution < 1.29 is 19.4 Å². The molecule has 1 unspecified atom stereocenters. The van der Waals surface area contributed by atoms with E-state index in [4.69, 9.17) is 15.2 Å². The fraction of sp³-hybridized carbons (Fsp3) is 0.286. The number of hydrogen-bond donors (Lipinski definition) is 2. The van der Waals surface area contributed by atoms with Crippen LogP contribution in [0.15, 0.2) is 103 Å². The molecule has 0 radical (unpaired) electrons. The summed E-state index contributed by atoms with van der Waals surface area (Å²) in [5.41, 5.74) is 11.9. The molecule has 4 aromatic rings. The van der Waals surface area contributed by atoms with Gasteiger partial charge in [0.05, 0.1) is 11.7 Å². The van der Waals surface area contributed by atoms with Gasteiger partial charge in [0.2, 0.25) is 0 Å². The minimum atomic E-state index is -1.02. The molecule has 6 heteroatoms.